The minimum absolute atomic E-state index is 0.0138. The Bertz CT molecular complexity index is 490. The van der Waals surface area contributed by atoms with Gasteiger partial charge < -0.3 is 14.2 Å². The van der Waals surface area contributed by atoms with Crippen LogP contribution in [0.1, 0.15) is 31.7 Å². The number of methoxy groups -OCH3 is 1. The van der Waals surface area contributed by atoms with E-state index in [1.807, 2.05) is 12.1 Å². The minimum Gasteiger partial charge on any atom is -0.497 e. The fraction of sp³-hybridized carbons (Fsp3) is 0.684. The Labute approximate surface area is 139 Å². The molecule has 2 atom stereocenters. The van der Waals surface area contributed by atoms with Gasteiger partial charge in [0.25, 0.3) is 0 Å². The van der Waals surface area contributed by atoms with Gasteiger partial charge in [0.15, 0.2) is 0 Å². The van der Waals surface area contributed by atoms with E-state index < -0.39 is 0 Å². The average molecular weight is 319 g/mol. The maximum absolute atomic E-state index is 6.30. The SMILES string of the molecule is CCOC[C@@H]1CCC[C@@]12CN(Cc1ccc(OC)cc1)CCO2. The minimum atomic E-state index is 0.0138. The maximum Gasteiger partial charge on any atom is 0.118 e. The van der Waals surface area contributed by atoms with E-state index in [0.29, 0.717) is 5.92 Å². The highest BCUT2D eigenvalue weighted by molar-refractivity contribution is 5.27. The first-order valence-corrected chi connectivity index (χ1v) is 8.83. The number of benzene rings is 1. The number of rotatable bonds is 6. The molecule has 3 rings (SSSR count). The third-order valence-corrected chi connectivity index (χ3v) is 5.27. The van der Waals surface area contributed by atoms with Crippen molar-refractivity contribution >= 4 is 0 Å². The van der Waals surface area contributed by atoms with Crippen LogP contribution in [-0.2, 0) is 16.0 Å². The van der Waals surface area contributed by atoms with Gasteiger partial charge in [-0.3, -0.25) is 4.90 Å². The number of nitrogens with zero attached hydrogens (tertiary/aromatic N) is 1. The number of hydrogen-bond acceptors (Lipinski definition) is 4. The zero-order valence-electron chi connectivity index (χ0n) is 14.4. The van der Waals surface area contributed by atoms with Crippen LogP contribution in [0.15, 0.2) is 24.3 Å². The topological polar surface area (TPSA) is 30.9 Å². The summed E-state index contributed by atoms with van der Waals surface area (Å²) in [7, 11) is 1.71. The molecule has 1 aliphatic carbocycles. The van der Waals surface area contributed by atoms with Crippen LogP contribution in [0.4, 0.5) is 0 Å². The van der Waals surface area contributed by atoms with Crippen LogP contribution >= 0.6 is 0 Å². The first-order chi connectivity index (χ1) is 11.3. The van der Waals surface area contributed by atoms with Gasteiger partial charge in [0.05, 0.1) is 25.9 Å². The maximum atomic E-state index is 6.30. The van der Waals surface area contributed by atoms with E-state index in [-0.39, 0.29) is 5.60 Å². The van der Waals surface area contributed by atoms with E-state index in [1.54, 1.807) is 7.11 Å². The molecule has 1 aromatic rings. The molecule has 128 valence electrons. The van der Waals surface area contributed by atoms with Crippen molar-refractivity contribution in [1.82, 2.24) is 4.90 Å². The van der Waals surface area contributed by atoms with Crippen LogP contribution in [0.5, 0.6) is 5.75 Å². The molecular formula is C19H29NO3. The third kappa shape index (κ3) is 3.87. The van der Waals surface area contributed by atoms with Crippen molar-refractivity contribution in [2.75, 3.05) is 40.0 Å². The second-order valence-electron chi connectivity index (χ2n) is 6.72. The lowest BCUT2D eigenvalue weighted by Gasteiger charge is -2.44. The van der Waals surface area contributed by atoms with Crippen molar-refractivity contribution in [2.45, 2.75) is 38.3 Å². The number of hydrogen-bond donors (Lipinski definition) is 0. The molecule has 0 radical (unpaired) electrons. The molecule has 0 unspecified atom stereocenters. The highest BCUT2D eigenvalue weighted by Crippen LogP contribution is 2.41. The molecule has 1 saturated carbocycles. The lowest BCUT2D eigenvalue weighted by atomic mass is 9.89. The van der Waals surface area contributed by atoms with Crippen LogP contribution in [0, 0.1) is 5.92 Å². The van der Waals surface area contributed by atoms with Gasteiger partial charge >= 0.3 is 0 Å². The largest absolute Gasteiger partial charge is 0.497 e. The molecule has 1 aliphatic heterocycles. The van der Waals surface area contributed by atoms with E-state index in [1.165, 1.54) is 24.8 Å². The van der Waals surface area contributed by atoms with Gasteiger partial charge in [-0.15, -0.1) is 0 Å². The Balaban J connectivity index is 1.62. The first-order valence-electron chi connectivity index (χ1n) is 8.83. The third-order valence-electron chi connectivity index (χ3n) is 5.27. The molecule has 23 heavy (non-hydrogen) atoms. The standard InChI is InChI=1S/C19H29NO3/c1-3-22-14-17-5-4-10-19(17)15-20(11-12-23-19)13-16-6-8-18(21-2)9-7-16/h6-9,17H,3-5,10-15H2,1-2H3/t17-,19+/m0/s1. The number of ether oxygens (including phenoxy) is 3. The van der Waals surface area contributed by atoms with E-state index in [9.17, 15) is 0 Å². The van der Waals surface area contributed by atoms with Gasteiger partial charge in [-0.05, 0) is 37.5 Å². The highest BCUT2D eigenvalue weighted by atomic mass is 16.5. The quantitative estimate of drug-likeness (QED) is 0.806. The molecule has 1 saturated heterocycles. The van der Waals surface area contributed by atoms with Gasteiger partial charge in [0, 0.05) is 32.2 Å². The first kappa shape index (κ1) is 16.7. The Kier molecular flexibility index (Phi) is 5.57. The van der Waals surface area contributed by atoms with Crippen LogP contribution in [0.2, 0.25) is 0 Å². The summed E-state index contributed by atoms with van der Waals surface area (Å²) in [6.07, 6.45) is 3.66. The summed E-state index contributed by atoms with van der Waals surface area (Å²) in [5.74, 6) is 1.46. The molecule has 0 N–H and O–H groups in total. The van der Waals surface area contributed by atoms with Crippen molar-refractivity contribution in [2.24, 2.45) is 5.92 Å². The van der Waals surface area contributed by atoms with Crippen LogP contribution in [-0.4, -0.2) is 50.5 Å². The van der Waals surface area contributed by atoms with E-state index in [4.69, 9.17) is 14.2 Å². The second-order valence-corrected chi connectivity index (χ2v) is 6.72. The van der Waals surface area contributed by atoms with Crippen LogP contribution in [0.3, 0.4) is 0 Å². The smallest absolute Gasteiger partial charge is 0.118 e. The molecule has 0 amide bonds. The molecule has 2 fully saturated rings. The molecular weight excluding hydrogens is 290 g/mol. The fourth-order valence-corrected chi connectivity index (χ4v) is 4.01. The summed E-state index contributed by atoms with van der Waals surface area (Å²) < 4.78 is 17.2. The zero-order chi connectivity index (χ0) is 16.1. The van der Waals surface area contributed by atoms with Crippen molar-refractivity contribution in [3.05, 3.63) is 29.8 Å². The van der Waals surface area contributed by atoms with Crippen molar-refractivity contribution in [3.8, 4) is 5.75 Å². The normalized spacial score (nSPS) is 28.3. The molecule has 1 spiro atoms. The van der Waals surface area contributed by atoms with Gasteiger partial charge in [0.2, 0.25) is 0 Å². The predicted molar refractivity (Wildman–Crippen MR) is 90.8 cm³/mol. The average Bonchev–Trinajstić information content (AvgIpc) is 2.95. The predicted octanol–water partition coefficient (Wildman–Crippen LogP) is 3.10. The molecule has 0 aromatic heterocycles. The summed E-state index contributed by atoms with van der Waals surface area (Å²) in [4.78, 5) is 2.54. The molecule has 1 aromatic carbocycles. The zero-order valence-corrected chi connectivity index (χ0v) is 14.4. The molecule has 4 heteroatoms. The van der Waals surface area contributed by atoms with Crippen LogP contribution < -0.4 is 4.74 Å². The molecule has 2 aliphatic rings. The van der Waals surface area contributed by atoms with Crippen molar-refractivity contribution < 1.29 is 14.2 Å². The van der Waals surface area contributed by atoms with E-state index in [0.717, 1.165) is 45.2 Å². The molecule has 1 heterocycles. The Morgan fingerprint density at radius 1 is 1.30 bits per heavy atom. The fourth-order valence-electron chi connectivity index (χ4n) is 4.01. The summed E-state index contributed by atoms with van der Waals surface area (Å²) >= 11 is 0. The summed E-state index contributed by atoms with van der Waals surface area (Å²) in [6, 6.07) is 8.40. The van der Waals surface area contributed by atoms with Gasteiger partial charge in [-0.25, -0.2) is 0 Å². The van der Waals surface area contributed by atoms with E-state index in [2.05, 4.69) is 24.0 Å². The number of morpholine rings is 1. The second kappa shape index (κ2) is 7.65. The Morgan fingerprint density at radius 2 is 2.13 bits per heavy atom. The van der Waals surface area contributed by atoms with Gasteiger partial charge in [-0.1, -0.05) is 18.6 Å². The Hall–Kier alpha value is -1.10. The van der Waals surface area contributed by atoms with E-state index >= 15 is 0 Å². The van der Waals surface area contributed by atoms with Crippen LogP contribution in [0.25, 0.3) is 0 Å². The molecule has 4 nitrogen and oxygen atoms in total. The Morgan fingerprint density at radius 3 is 2.87 bits per heavy atom. The van der Waals surface area contributed by atoms with Gasteiger partial charge in [0.1, 0.15) is 5.75 Å². The lowest BCUT2D eigenvalue weighted by molar-refractivity contribution is -0.142. The van der Waals surface area contributed by atoms with Crippen molar-refractivity contribution in [1.29, 1.82) is 0 Å². The highest BCUT2D eigenvalue weighted by Gasteiger charge is 2.46. The summed E-state index contributed by atoms with van der Waals surface area (Å²) in [5.41, 5.74) is 1.35. The van der Waals surface area contributed by atoms with Gasteiger partial charge in [-0.2, -0.15) is 0 Å². The lowest BCUT2D eigenvalue weighted by Crippen LogP contribution is -2.54. The summed E-state index contributed by atoms with van der Waals surface area (Å²) in [6.45, 7) is 7.55. The molecule has 0 bridgehead atoms. The monoisotopic (exact) mass is 319 g/mol. The summed E-state index contributed by atoms with van der Waals surface area (Å²) in [5, 5.41) is 0. The van der Waals surface area contributed by atoms with Crippen molar-refractivity contribution in [3.63, 3.8) is 0 Å².